The van der Waals surface area contributed by atoms with Crippen molar-refractivity contribution in [1.82, 2.24) is 0 Å². The molecule has 0 spiro atoms. The van der Waals surface area contributed by atoms with Gasteiger partial charge in [-0.05, 0) is 42.2 Å². The van der Waals surface area contributed by atoms with Gasteiger partial charge in [0.25, 0.3) is 0 Å². The van der Waals surface area contributed by atoms with Crippen molar-refractivity contribution < 1.29 is 0 Å². The average molecular weight is 359 g/mol. The van der Waals surface area contributed by atoms with Crippen molar-refractivity contribution in [3.05, 3.63) is 101 Å². The highest BCUT2D eigenvalue weighted by molar-refractivity contribution is 6.31. The number of fused-ring (bicyclic) bond motifs is 3. The van der Waals surface area contributed by atoms with Crippen molar-refractivity contribution in [3.63, 3.8) is 0 Å². The lowest BCUT2D eigenvalue weighted by atomic mass is 9.77. The number of hydrogen-bond acceptors (Lipinski definition) is 2. The van der Waals surface area contributed by atoms with Crippen LogP contribution in [0.15, 0.2) is 84.0 Å². The zero-order valence-corrected chi connectivity index (χ0v) is 15.1. The maximum atomic E-state index is 6.61. The number of nitrogens with zero attached hydrogens (tertiary/aromatic N) is 2. The molecule has 1 heterocycles. The maximum absolute atomic E-state index is 6.61. The summed E-state index contributed by atoms with van der Waals surface area (Å²) < 4.78 is 0. The summed E-state index contributed by atoms with van der Waals surface area (Å²) >= 11 is 6.61. The number of rotatable bonds is 2. The fraction of sp³-hybridized carbons (Fsp3) is 0.174. The molecule has 0 bridgehead atoms. The molecule has 3 heteroatoms. The van der Waals surface area contributed by atoms with Crippen LogP contribution in [0.3, 0.4) is 0 Å². The standard InChI is InChI=1S/C23H19ClN2/c24-21-13-7-6-12-19(21)23-20-15-14-16-8-4-5-11-18(16)22(20)25-26(23)17-9-2-1-3-10-17/h1-13,20,23H,14-15H2/t20-,23+/m0/s1. The first-order valence-corrected chi connectivity index (χ1v) is 9.46. The molecule has 2 nitrogen and oxygen atoms in total. The van der Waals surface area contributed by atoms with Crippen LogP contribution >= 0.6 is 11.6 Å². The first kappa shape index (κ1) is 15.7. The van der Waals surface area contributed by atoms with Gasteiger partial charge in [-0.25, -0.2) is 0 Å². The molecule has 0 aromatic heterocycles. The van der Waals surface area contributed by atoms with E-state index in [0.717, 1.165) is 29.1 Å². The molecule has 2 atom stereocenters. The van der Waals surface area contributed by atoms with E-state index in [1.807, 2.05) is 18.2 Å². The monoisotopic (exact) mass is 358 g/mol. The third kappa shape index (κ3) is 2.45. The van der Waals surface area contributed by atoms with E-state index in [9.17, 15) is 0 Å². The van der Waals surface area contributed by atoms with E-state index >= 15 is 0 Å². The zero-order valence-electron chi connectivity index (χ0n) is 14.3. The van der Waals surface area contributed by atoms with Gasteiger partial charge in [0.05, 0.1) is 17.4 Å². The van der Waals surface area contributed by atoms with Gasteiger partial charge in [0.1, 0.15) is 0 Å². The predicted molar refractivity (Wildman–Crippen MR) is 108 cm³/mol. The van der Waals surface area contributed by atoms with Crippen LogP contribution in [0.5, 0.6) is 0 Å². The number of hydrazone groups is 1. The van der Waals surface area contributed by atoms with Gasteiger partial charge in [-0.3, -0.25) is 5.01 Å². The maximum Gasteiger partial charge on any atom is 0.0874 e. The number of hydrogen-bond donors (Lipinski definition) is 0. The smallest absolute Gasteiger partial charge is 0.0874 e. The van der Waals surface area contributed by atoms with Crippen molar-refractivity contribution in [1.29, 1.82) is 0 Å². The van der Waals surface area contributed by atoms with Crippen LogP contribution in [0, 0.1) is 5.92 Å². The Labute approximate surface area is 158 Å². The molecule has 0 amide bonds. The minimum absolute atomic E-state index is 0.134. The lowest BCUT2D eigenvalue weighted by molar-refractivity contribution is 0.510. The van der Waals surface area contributed by atoms with Gasteiger partial charge >= 0.3 is 0 Å². The summed E-state index contributed by atoms with van der Waals surface area (Å²) in [5, 5.41) is 8.10. The highest BCUT2D eigenvalue weighted by atomic mass is 35.5. The van der Waals surface area contributed by atoms with Crippen LogP contribution < -0.4 is 5.01 Å². The van der Waals surface area contributed by atoms with E-state index in [0.29, 0.717) is 5.92 Å². The summed E-state index contributed by atoms with van der Waals surface area (Å²) in [6.45, 7) is 0. The molecule has 0 unspecified atom stereocenters. The Kier molecular flexibility index (Phi) is 3.79. The Morgan fingerprint density at radius 2 is 1.58 bits per heavy atom. The van der Waals surface area contributed by atoms with Crippen molar-refractivity contribution in [2.45, 2.75) is 18.9 Å². The highest BCUT2D eigenvalue weighted by Gasteiger charge is 2.42. The summed E-state index contributed by atoms with van der Waals surface area (Å²) in [4.78, 5) is 0. The molecule has 0 radical (unpaired) electrons. The number of halogens is 1. The molecule has 5 rings (SSSR count). The summed E-state index contributed by atoms with van der Waals surface area (Å²) in [7, 11) is 0. The average Bonchev–Trinajstić information content (AvgIpc) is 3.09. The van der Waals surface area contributed by atoms with Gasteiger partial charge in [0, 0.05) is 16.5 Å². The Balaban J connectivity index is 1.68. The van der Waals surface area contributed by atoms with Crippen molar-refractivity contribution in [3.8, 4) is 0 Å². The fourth-order valence-electron chi connectivity index (χ4n) is 4.28. The van der Waals surface area contributed by atoms with Crippen molar-refractivity contribution in [2.24, 2.45) is 11.0 Å². The predicted octanol–water partition coefficient (Wildman–Crippen LogP) is 5.87. The molecular weight excluding hydrogens is 340 g/mol. The second-order valence-corrected chi connectivity index (χ2v) is 7.34. The number of para-hydroxylation sites is 1. The Hall–Kier alpha value is -2.58. The zero-order chi connectivity index (χ0) is 17.5. The van der Waals surface area contributed by atoms with Gasteiger partial charge in [0.15, 0.2) is 0 Å². The molecule has 1 aliphatic carbocycles. The van der Waals surface area contributed by atoms with E-state index < -0.39 is 0 Å². The van der Waals surface area contributed by atoms with Crippen molar-refractivity contribution in [2.75, 3.05) is 5.01 Å². The van der Waals surface area contributed by atoms with Crippen LogP contribution in [0.4, 0.5) is 5.69 Å². The van der Waals surface area contributed by atoms with Crippen LogP contribution in [0.2, 0.25) is 5.02 Å². The van der Waals surface area contributed by atoms with E-state index in [1.54, 1.807) is 0 Å². The van der Waals surface area contributed by atoms with E-state index in [1.165, 1.54) is 16.8 Å². The summed E-state index contributed by atoms with van der Waals surface area (Å²) in [6.07, 6.45) is 2.18. The van der Waals surface area contributed by atoms with Crippen LogP contribution in [0.25, 0.3) is 0 Å². The quantitative estimate of drug-likeness (QED) is 0.559. The molecule has 2 aliphatic rings. The van der Waals surface area contributed by atoms with Gasteiger partial charge in [0.2, 0.25) is 0 Å². The summed E-state index contributed by atoms with van der Waals surface area (Å²) in [5.74, 6) is 0.352. The topological polar surface area (TPSA) is 15.6 Å². The minimum Gasteiger partial charge on any atom is -0.257 e. The second kappa shape index (κ2) is 6.30. The van der Waals surface area contributed by atoms with Gasteiger partial charge in [-0.1, -0.05) is 72.3 Å². The molecule has 26 heavy (non-hydrogen) atoms. The lowest BCUT2D eigenvalue weighted by Gasteiger charge is -2.31. The second-order valence-electron chi connectivity index (χ2n) is 6.93. The van der Waals surface area contributed by atoms with Crippen LogP contribution in [-0.2, 0) is 6.42 Å². The van der Waals surface area contributed by atoms with Gasteiger partial charge in [-0.2, -0.15) is 5.10 Å². The fourth-order valence-corrected chi connectivity index (χ4v) is 4.53. The third-order valence-electron chi connectivity index (χ3n) is 5.47. The minimum atomic E-state index is 0.134. The molecule has 0 fully saturated rings. The van der Waals surface area contributed by atoms with Crippen molar-refractivity contribution >= 4 is 23.0 Å². The van der Waals surface area contributed by atoms with E-state index in [4.69, 9.17) is 16.7 Å². The van der Waals surface area contributed by atoms with Gasteiger partial charge < -0.3 is 0 Å². The number of benzene rings is 3. The molecular formula is C23H19ClN2. The molecule has 3 aromatic rings. The molecule has 1 aliphatic heterocycles. The SMILES string of the molecule is Clc1ccccc1[C@@H]1[C@H]2CCc3ccccc3C2=NN1c1ccccc1. The molecule has 0 saturated carbocycles. The summed E-state index contributed by atoms with van der Waals surface area (Å²) in [5.41, 5.74) is 6.15. The first-order valence-electron chi connectivity index (χ1n) is 9.08. The normalized spacial score (nSPS) is 21.1. The molecule has 128 valence electrons. The Bertz CT molecular complexity index is 980. The Morgan fingerprint density at radius 1 is 0.846 bits per heavy atom. The largest absolute Gasteiger partial charge is 0.257 e. The Morgan fingerprint density at radius 3 is 2.42 bits per heavy atom. The number of aryl methyl sites for hydroxylation is 1. The molecule has 0 saturated heterocycles. The summed E-state index contributed by atoms with van der Waals surface area (Å²) in [6, 6.07) is 27.4. The highest BCUT2D eigenvalue weighted by Crippen LogP contribution is 2.46. The lowest BCUT2D eigenvalue weighted by Crippen LogP contribution is -2.29. The third-order valence-corrected chi connectivity index (χ3v) is 5.82. The van der Waals surface area contributed by atoms with E-state index in [2.05, 4.69) is 65.7 Å². The molecule has 3 aromatic carbocycles. The van der Waals surface area contributed by atoms with Crippen LogP contribution in [0.1, 0.15) is 29.2 Å². The first-order chi connectivity index (χ1) is 12.8. The van der Waals surface area contributed by atoms with E-state index in [-0.39, 0.29) is 6.04 Å². The number of anilines is 1. The van der Waals surface area contributed by atoms with Gasteiger partial charge in [-0.15, -0.1) is 0 Å². The van der Waals surface area contributed by atoms with Crippen LogP contribution in [-0.4, -0.2) is 5.71 Å². The molecule has 0 N–H and O–H groups in total.